The molecule has 0 bridgehead atoms. The number of hydrogen-bond donors (Lipinski definition) is 6. The zero-order valence-corrected chi connectivity index (χ0v) is 32.6. The number of thioether (sulfide) groups is 10. The summed E-state index contributed by atoms with van der Waals surface area (Å²) < 4.78 is 2.67. The maximum absolute atomic E-state index is 4.56. The Labute approximate surface area is 285 Å². The first-order valence-corrected chi connectivity index (χ1v) is 25.9. The van der Waals surface area contributed by atoms with Crippen LogP contribution in [0.3, 0.4) is 0 Å². The van der Waals surface area contributed by atoms with Crippen LogP contribution >= 0.6 is 215 Å². The largest absolute Gasteiger partial charge is 0.168 e. The molecule has 1 aliphatic rings. The highest BCUT2D eigenvalue weighted by molar-refractivity contribution is 8.79. The van der Waals surface area contributed by atoms with Crippen LogP contribution in [0.25, 0.3) is 0 Å². The van der Waals surface area contributed by atoms with Gasteiger partial charge in [0.15, 0.2) is 0 Å². The first-order chi connectivity index (χ1) is 16.1. The molecular formula is C15H30S18. The maximum atomic E-state index is 4.56. The van der Waals surface area contributed by atoms with E-state index in [1.807, 2.05) is 92.2 Å². The Bertz CT molecular complexity index is 439. The van der Waals surface area contributed by atoms with E-state index in [4.69, 9.17) is 0 Å². The first-order valence-electron chi connectivity index (χ1n) is 9.24. The second kappa shape index (κ2) is 26.0. The van der Waals surface area contributed by atoms with Gasteiger partial charge in [-0.25, -0.2) is 0 Å². The van der Waals surface area contributed by atoms with E-state index in [0.29, 0.717) is 28.2 Å². The lowest BCUT2D eigenvalue weighted by Gasteiger charge is -2.28. The average Bonchev–Trinajstić information content (AvgIpc) is 3.26. The molecule has 5 unspecified atom stereocenters. The van der Waals surface area contributed by atoms with Gasteiger partial charge in [-0.15, -0.1) is 118 Å². The predicted molar refractivity (Wildman–Crippen MR) is 212 cm³/mol. The molecule has 1 saturated heterocycles. The van der Waals surface area contributed by atoms with Gasteiger partial charge in [-0.1, -0.05) is 21.6 Å². The van der Waals surface area contributed by atoms with Crippen molar-refractivity contribution in [3.8, 4) is 0 Å². The lowest BCUT2D eigenvalue weighted by atomic mass is 10.5. The molecule has 0 spiro atoms. The molecule has 1 heterocycles. The molecule has 198 valence electrons. The highest BCUT2D eigenvalue weighted by Gasteiger charge is 2.32. The van der Waals surface area contributed by atoms with Gasteiger partial charge in [-0.2, -0.15) is 75.8 Å². The third-order valence-electron chi connectivity index (χ3n) is 3.56. The van der Waals surface area contributed by atoms with Crippen molar-refractivity contribution in [1.82, 2.24) is 0 Å². The van der Waals surface area contributed by atoms with Crippen molar-refractivity contribution in [2.24, 2.45) is 0 Å². The lowest BCUT2D eigenvalue weighted by molar-refractivity contribution is 1.11. The number of hydrogen-bond acceptors (Lipinski definition) is 18. The third kappa shape index (κ3) is 17.1. The maximum Gasteiger partial charge on any atom is 0.0741 e. The van der Waals surface area contributed by atoms with E-state index in [1.165, 1.54) is 10.8 Å². The molecular weight excluding hydrogens is 757 g/mol. The van der Waals surface area contributed by atoms with Gasteiger partial charge in [0.2, 0.25) is 0 Å². The van der Waals surface area contributed by atoms with Crippen molar-refractivity contribution in [3.05, 3.63) is 0 Å². The van der Waals surface area contributed by atoms with Gasteiger partial charge in [-0.05, 0) is 0 Å². The lowest BCUT2D eigenvalue weighted by Crippen LogP contribution is -2.20. The van der Waals surface area contributed by atoms with Crippen LogP contribution in [0.15, 0.2) is 0 Å². The molecule has 1 rings (SSSR count). The molecule has 0 saturated carbocycles. The Morgan fingerprint density at radius 1 is 0.576 bits per heavy atom. The molecule has 0 aromatic heterocycles. The van der Waals surface area contributed by atoms with Crippen LogP contribution in [0.5, 0.6) is 0 Å². The molecule has 0 aliphatic carbocycles. The standard InChI is InChI=1S/C15H30S18/c16-2-23-12(22-1-10-11(29-8-28-10)33-32-7-21)14(26-5-19)30-9-31-15(27-6-20)13(24-3-17)25-4-18/h10-21H,1-9H2. The summed E-state index contributed by atoms with van der Waals surface area (Å²) in [6.45, 7) is 0. The minimum Gasteiger partial charge on any atom is -0.168 e. The Hall–Kier alpha value is 6.30. The molecule has 0 N–H and O–H groups in total. The number of thiol groups is 6. The van der Waals surface area contributed by atoms with Crippen LogP contribution in [0, 0.1) is 0 Å². The summed E-state index contributed by atoms with van der Waals surface area (Å²) in [6.07, 6.45) is 0. The normalized spacial score (nSPS) is 21.5. The van der Waals surface area contributed by atoms with Crippen molar-refractivity contribution in [2.45, 2.75) is 28.2 Å². The van der Waals surface area contributed by atoms with E-state index < -0.39 is 0 Å². The highest BCUT2D eigenvalue weighted by Crippen LogP contribution is 2.50. The minimum absolute atomic E-state index is 0.483. The van der Waals surface area contributed by atoms with E-state index >= 15 is 0 Å². The fraction of sp³-hybridized carbons (Fsp3) is 1.00. The first kappa shape index (κ1) is 37.3. The van der Waals surface area contributed by atoms with Gasteiger partial charge >= 0.3 is 0 Å². The zero-order valence-electron chi connectivity index (χ0n) is 17.4. The van der Waals surface area contributed by atoms with E-state index in [2.05, 4.69) is 123 Å². The SMILES string of the molecule is SCSSC1SCSC1CSC(SCS)C(SCS)SCSC(SCS)C(SCS)SCS. The minimum atomic E-state index is 0.483. The van der Waals surface area contributed by atoms with Gasteiger partial charge in [0, 0.05) is 51.7 Å². The second-order valence-electron chi connectivity index (χ2n) is 5.44. The van der Waals surface area contributed by atoms with Crippen LogP contribution in [0.2, 0.25) is 0 Å². The predicted octanol–water partition coefficient (Wildman–Crippen LogP) is 9.95. The Morgan fingerprint density at radius 2 is 1.03 bits per heavy atom. The molecule has 0 aromatic carbocycles. The smallest absolute Gasteiger partial charge is 0.0741 e. The zero-order chi connectivity index (χ0) is 24.3. The molecule has 0 aromatic rings. The van der Waals surface area contributed by atoms with Gasteiger partial charge in [0.05, 0.1) is 22.9 Å². The van der Waals surface area contributed by atoms with Crippen LogP contribution in [0.1, 0.15) is 0 Å². The van der Waals surface area contributed by atoms with Crippen LogP contribution < -0.4 is 0 Å². The van der Waals surface area contributed by atoms with Crippen LogP contribution in [0.4, 0.5) is 0 Å². The van der Waals surface area contributed by atoms with Gasteiger partial charge < -0.3 is 0 Å². The van der Waals surface area contributed by atoms with Crippen LogP contribution in [-0.2, 0) is 0 Å². The van der Waals surface area contributed by atoms with E-state index in [1.54, 1.807) is 0 Å². The summed E-state index contributed by atoms with van der Waals surface area (Å²) >= 11 is 47.0. The molecule has 5 atom stereocenters. The van der Waals surface area contributed by atoms with E-state index in [-0.39, 0.29) is 0 Å². The summed E-state index contributed by atoms with van der Waals surface area (Å²) in [4.78, 5) is 0. The Balaban J connectivity index is 2.65. The van der Waals surface area contributed by atoms with Crippen molar-refractivity contribution in [1.29, 1.82) is 0 Å². The van der Waals surface area contributed by atoms with Crippen molar-refractivity contribution < 1.29 is 0 Å². The summed E-state index contributed by atoms with van der Waals surface area (Å²) in [5.41, 5.74) is 0. The summed E-state index contributed by atoms with van der Waals surface area (Å²) in [5, 5.41) is 8.07. The monoisotopic (exact) mass is 786 g/mol. The fourth-order valence-corrected chi connectivity index (χ4v) is 25.3. The molecule has 0 amide bonds. The Morgan fingerprint density at radius 3 is 1.48 bits per heavy atom. The molecule has 1 fully saturated rings. The molecule has 1 aliphatic heterocycles. The third-order valence-corrected chi connectivity index (χ3v) is 24.9. The van der Waals surface area contributed by atoms with Gasteiger partial charge in [0.1, 0.15) is 0 Å². The fourth-order valence-electron chi connectivity index (χ4n) is 2.24. The quantitative estimate of drug-likeness (QED) is 0.0352. The summed E-state index contributed by atoms with van der Waals surface area (Å²) in [5.74, 6) is 1.20. The summed E-state index contributed by atoms with van der Waals surface area (Å²) in [7, 11) is 3.88. The van der Waals surface area contributed by atoms with Crippen molar-refractivity contribution in [3.63, 3.8) is 0 Å². The Kier molecular flexibility index (Phi) is 29.4. The second-order valence-corrected chi connectivity index (χ2v) is 26.1. The molecule has 0 radical (unpaired) electrons. The molecule has 0 nitrogen and oxygen atoms in total. The van der Waals surface area contributed by atoms with Gasteiger partial charge in [-0.3, -0.25) is 0 Å². The number of rotatable bonds is 22. The molecule has 18 heteroatoms. The van der Waals surface area contributed by atoms with Crippen molar-refractivity contribution >= 4 is 215 Å². The van der Waals surface area contributed by atoms with Gasteiger partial charge in [0.25, 0.3) is 0 Å². The average molecular weight is 788 g/mol. The van der Waals surface area contributed by atoms with Crippen LogP contribution in [-0.4, -0.2) is 74.6 Å². The van der Waals surface area contributed by atoms with E-state index in [9.17, 15) is 0 Å². The van der Waals surface area contributed by atoms with Crippen molar-refractivity contribution in [2.75, 3.05) is 46.4 Å². The molecule has 33 heavy (non-hydrogen) atoms. The van der Waals surface area contributed by atoms with E-state index in [0.717, 1.165) is 35.6 Å². The highest BCUT2D eigenvalue weighted by atomic mass is 33.1. The summed E-state index contributed by atoms with van der Waals surface area (Å²) in [6, 6.07) is 0. The topological polar surface area (TPSA) is 0 Å².